The molecule has 2 heterocycles. The van der Waals surface area contributed by atoms with Crippen molar-refractivity contribution in [3.05, 3.63) is 24.0 Å². The van der Waals surface area contributed by atoms with Gasteiger partial charge in [-0.05, 0) is 67.9 Å². The Morgan fingerprint density at radius 3 is 2.39 bits per heavy atom. The Morgan fingerprint density at radius 2 is 1.81 bits per heavy atom. The summed E-state index contributed by atoms with van der Waals surface area (Å²) in [6.07, 6.45) is 0.470. The number of imidazole rings is 1. The molecule has 0 saturated carbocycles. The van der Waals surface area contributed by atoms with Crippen LogP contribution in [0.1, 0.15) is 60.7 Å². The standard InChI is InChI=1S/C23H36BN3O4/c1-16-25-18-13-10-12-17(24-30-22(5,6)23(7,8)31-24)19(18)27(16)15-11-14-26(9)20(28)29-21(2,3)4/h10,12-13H,11,14-15H2,1-9H3. The molecule has 0 unspecified atom stereocenters. The van der Waals surface area contributed by atoms with E-state index in [0.717, 1.165) is 35.3 Å². The Balaban J connectivity index is 1.80. The first-order valence-electron chi connectivity index (χ1n) is 11.0. The lowest BCUT2D eigenvalue weighted by molar-refractivity contribution is 0.00578. The SMILES string of the molecule is Cc1nc2cccc(B3OC(C)(C)C(C)(C)O3)c2n1CCCN(C)C(=O)OC(C)(C)C. The van der Waals surface area contributed by atoms with Crippen molar-refractivity contribution in [2.45, 2.75) is 85.2 Å². The van der Waals surface area contributed by atoms with Crippen molar-refractivity contribution < 1.29 is 18.8 Å². The van der Waals surface area contributed by atoms with Gasteiger partial charge in [0.2, 0.25) is 0 Å². The Labute approximate surface area is 186 Å². The zero-order chi connectivity index (χ0) is 23.2. The molecule has 31 heavy (non-hydrogen) atoms. The van der Waals surface area contributed by atoms with Gasteiger partial charge in [0.1, 0.15) is 11.4 Å². The first-order chi connectivity index (χ1) is 14.2. The molecule has 0 bridgehead atoms. The number of rotatable bonds is 5. The van der Waals surface area contributed by atoms with E-state index < -0.39 is 23.9 Å². The number of carbonyl (C=O) groups is 1. The quantitative estimate of drug-likeness (QED) is 0.675. The van der Waals surface area contributed by atoms with Gasteiger partial charge < -0.3 is 23.5 Å². The van der Waals surface area contributed by atoms with E-state index in [1.807, 2.05) is 39.8 Å². The fraction of sp³-hybridized carbons (Fsp3) is 0.652. The first-order valence-corrected chi connectivity index (χ1v) is 11.0. The highest BCUT2D eigenvalue weighted by molar-refractivity contribution is 6.64. The third kappa shape index (κ3) is 4.90. The van der Waals surface area contributed by atoms with Gasteiger partial charge in [0.05, 0.1) is 22.2 Å². The summed E-state index contributed by atoms with van der Waals surface area (Å²) < 4.78 is 20.3. The molecule has 170 valence electrons. The lowest BCUT2D eigenvalue weighted by Gasteiger charge is -2.32. The molecule has 1 aromatic heterocycles. The second-order valence-electron chi connectivity index (χ2n) is 10.4. The fourth-order valence-corrected chi connectivity index (χ4v) is 3.66. The zero-order valence-electron chi connectivity index (χ0n) is 20.4. The molecule has 1 aliphatic rings. The number of carbonyl (C=O) groups excluding carboxylic acids is 1. The van der Waals surface area contributed by atoms with E-state index in [9.17, 15) is 4.79 Å². The van der Waals surface area contributed by atoms with Crippen molar-refractivity contribution in [3.63, 3.8) is 0 Å². The Morgan fingerprint density at radius 1 is 1.19 bits per heavy atom. The van der Waals surface area contributed by atoms with Gasteiger partial charge in [0.15, 0.2) is 0 Å². The average Bonchev–Trinajstić information content (AvgIpc) is 3.05. The summed E-state index contributed by atoms with van der Waals surface area (Å²) in [6.45, 7) is 17.2. The van der Waals surface area contributed by atoms with Crippen molar-refractivity contribution >= 4 is 29.7 Å². The van der Waals surface area contributed by atoms with Gasteiger partial charge >= 0.3 is 13.2 Å². The number of hydrogen-bond donors (Lipinski definition) is 0. The van der Waals surface area contributed by atoms with Crippen LogP contribution in [0.25, 0.3) is 11.0 Å². The summed E-state index contributed by atoms with van der Waals surface area (Å²) in [7, 11) is 1.32. The molecule has 1 aliphatic heterocycles. The van der Waals surface area contributed by atoms with E-state index in [0.29, 0.717) is 6.54 Å². The minimum atomic E-state index is -0.500. The molecule has 8 heteroatoms. The van der Waals surface area contributed by atoms with E-state index in [2.05, 4.69) is 38.3 Å². The normalized spacial score (nSPS) is 17.9. The molecule has 1 amide bonds. The molecular formula is C23H36BN3O4. The molecule has 1 fully saturated rings. The Hall–Kier alpha value is -2.06. The summed E-state index contributed by atoms with van der Waals surface area (Å²) in [4.78, 5) is 18.6. The maximum absolute atomic E-state index is 12.2. The van der Waals surface area contributed by atoms with Crippen LogP contribution in [0, 0.1) is 6.92 Å². The smallest absolute Gasteiger partial charge is 0.444 e. The highest BCUT2D eigenvalue weighted by Gasteiger charge is 2.52. The van der Waals surface area contributed by atoms with Gasteiger partial charge in [-0.3, -0.25) is 0 Å². The van der Waals surface area contributed by atoms with Crippen molar-refractivity contribution in [1.82, 2.24) is 14.5 Å². The first kappa shape index (κ1) is 23.6. The van der Waals surface area contributed by atoms with Gasteiger partial charge in [0.25, 0.3) is 0 Å². The fourth-order valence-electron chi connectivity index (χ4n) is 3.66. The maximum Gasteiger partial charge on any atom is 0.497 e. The van der Waals surface area contributed by atoms with E-state index in [1.54, 1.807) is 11.9 Å². The van der Waals surface area contributed by atoms with Crippen molar-refractivity contribution in [1.29, 1.82) is 0 Å². The number of ether oxygens (including phenoxy) is 1. The summed E-state index contributed by atoms with van der Waals surface area (Å²) in [5.41, 5.74) is 1.62. The van der Waals surface area contributed by atoms with E-state index in [4.69, 9.17) is 19.0 Å². The van der Waals surface area contributed by atoms with Crippen LogP contribution in [0.2, 0.25) is 0 Å². The van der Waals surface area contributed by atoms with Crippen LogP contribution in [0.5, 0.6) is 0 Å². The lowest BCUT2D eigenvalue weighted by Crippen LogP contribution is -2.41. The van der Waals surface area contributed by atoms with E-state index in [-0.39, 0.29) is 6.09 Å². The number of hydrogen-bond acceptors (Lipinski definition) is 5. The number of nitrogens with zero attached hydrogens (tertiary/aromatic N) is 3. The molecule has 0 radical (unpaired) electrons. The van der Waals surface area contributed by atoms with Crippen LogP contribution < -0.4 is 5.46 Å². The monoisotopic (exact) mass is 429 g/mol. The van der Waals surface area contributed by atoms with Crippen molar-refractivity contribution in [3.8, 4) is 0 Å². The molecule has 0 N–H and O–H groups in total. The molecule has 7 nitrogen and oxygen atoms in total. The van der Waals surface area contributed by atoms with Crippen molar-refractivity contribution in [2.24, 2.45) is 0 Å². The number of para-hydroxylation sites is 1. The maximum atomic E-state index is 12.2. The summed E-state index contributed by atoms with van der Waals surface area (Å²) in [6, 6.07) is 6.06. The van der Waals surface area contributed by atoms with E-state index >= 15 is 0 Å². The second-order valence-corrected chi connectivity index (χ2v) is 10.4. The molecule has 0 spiro atoms. The van der Waals surface area contributed by atoms with Gasteiger partial charge in [-0.1, -0.05) is 12.1 Å². The zero-order valence-corrected chi connectivity index (χ0v) is 20.4. The summed E-state index contributed by atoms with van der Waals surface area (Å²) >= 11 is 0. The van der Waals surface area contributed by atoms with Crippen LogP contribution in [0.3, 0.4) is 0 Å². The van der Waals surface area contributed by atoms with E-state index in [1.165, 1.54) is 0 Å². The van der Waals surface area contributed by atoms with Crippen LogP contribution in [0.4, 0.5) is 4.79 Å². The van der Waals surface area contributed by atoms with Gasteiger partial charge in [-0.25, -0.2) is 9.78 Å². The number of aryl methyl sites for hydroxylation is 2. The lowest BCUT2D eigenvalue weighted by atomic mass is 9.78. The van der Waals surface area contributed by atoms with Crippen LogP contribution >= 0.6 is 0 Å². The van der Waals surface area contributed by atoms with Crippen molar-refractivity contribution in [2.75, 3.05) is 13.6 Å². The predicted octanol–water partition coefficient (Wildman–Crippen LogP) is 3.90. The molecular weight excluding hydrogens is 393 g/mol. The third-order valence-electron chi connectivity index (χ3n) is 6.08. The number of fused-ring (bicyclic) bond motifs is 1. The molecule has 0 atom stereocenters. The average molecular weight is 429 g/mol. The molecule has 1 saturated heterocycles. The third-order valence-corrected chi connectivity index (χ3v) is 6.08. The second kappa shape index (κ2) is 8.13. The summed E-state index contributed by atoms with van der Waals surface area (Å²) in [5, 5.41) is 0. The minimum Gasteiger partial charge on any atom is -0.444 e. The molecule has 1 aromatic carbocycles. The number of aromatic nitrogens is 2. The van der Waals surface area contributed by atoms with Crippen LogP contribution in [-0.2, 0) is 20.6 Å². The molecule has 3 rings (SSSR count). The minimum absolute atomic E-state index is 0.308. The van der Waals surface area contributed by atoms with Gasteiger partial charge in [-0.2, -0.15) is 0 Å². The molecule has 0 aliphatic carbocycles. The number of amides is 1. The Bertz CT molecular complexity index is 946. The number of benzene rings is 1. The highest BCUT2D eigenvalue weighted by Crippen LogP contribution is 2.37. The summed E-state index contributed by atoms with van der Waals surface area (Å²) in [5.74, 6) is 0.930. The topological polar surface area (TPSA) is 65.8 Å². The highest BCUT2D eigenvalue weighted by atomic mass is 16.7. The van der Waals surface area contributed by atoms with Gasteiger partial charge in [-0.15, -0.1) is 0 Å². The van der Waals surface area contributed by atoms with Crippen LogP contribution in [-0.4, -0.2) is 58.1 Å². The molecule has 2 aromatic rings. The predicted molar refractivity (Wildman–Crippen MR) is 124 cm³/mol. The van der Waals surface area contributed by atoms with Crippen LogP contribution in [0.15, 0.2) is 18.2 Å². The largest absolute Gasteiger partial charge is 0.497 e. The Kier molecular flexibility index (Phi) is 6.19. The van der Waals surface area contributed by atoms with Gasteiger partial charge in [0, 0.05) is 25.6 Å².